The van der Waals surface area contributed by atoms with E-state index in [2.05, 4.69) is 5.32 Å². The molecule has 3 heterocycles. The lowest BCUT2D eigenvalue weighted by molar-refractivity contribution is -0.147. The van der Waals surface area contributed by atoms with Gasteiger partial charge in [0.15, 0.2) is 0 Å². The van der Waals surface area contributed by atoms with Crippen molar-refractivity contribution in [1.82, 2.24) is 9.62 Å². The van der Waals surface area contributed by atoms with E-state index in [1.807, 2.05) is 0 Å². The van der Waals surface area contributed by atoms with Crippen molar-refractivity contribution in [2.24, 2.45) is 0 Å². The molecule has 0 aliphatic carbocycles. The number of nitrogens with one attached hydrogen (secondary N) is 1. The summed E-state index contributed by atoms with van der Waals surface area (Å²) in [5, 5.41) is 4.18. The van der Waals surface area contributed by atoms with Crippen molar-refractivity contribution in [3.05, 3.63) is 16.3 Å². The SMILES string of the molecule is CC1(C)C[C@H](NC(=O)c2sccc2S(=O)(=O)N2CCCC2)C(=O)O1. The Balaban J connectivity index is 1.80. The average molecular weight is 372 g/mol. The molecule has 0 bridgehead atoms. The molecule has 1 atom stereocenters. The van der Waals surface area contributed by atoms with Crippen LogP contribution in [-0.2, 0) is 19.6 Å². The molecule has 2 fully saturated rings. The van der Waals surface area contributed by atoms with E-state index in [0.717, 1.165) is 24.2 Å². The molecule has 1 aromatic rings. The van der Waals surface area contributed by atoms with Gasteiger partial charge in [-0.1, -0.05) is 0 Å². The Labute approximate surface area is 145 Å². The van der Waals surface area contributed by atoms with Gasteiger partial charge in [0.2, 0.25) is 10.0 Å². The number of amides is 1. The molecule has 2 saturated heterocycles. The van der Waals surface area contributed by atoms with Gasteiger partial charge >= 0.3 is 5.97 Å². The summed E-state index contributed by atoms with van der Waals surface area (Å²) in [6.45, 7) is 4.49. The molecule has 132 valence electrons. The molecule has 1 N–H and O–H groups in total. The summed E-state index contributed by atoms with van der Waals surface area (Å²) in [5.74, 6) is -1.05. The van der Waals surface area contributed by atoms with Gasteiger partial charge in [-0.2, -0.15) is 4.31 Å². The van der Waals surface area contributed by atoms with Gasteiger partial charge in [-0.15, -0.1) is 11.3 Å². The monoisotopic (exact) mass is 372 g/mol. The number of rotatable bonds is 4. The van der Waals surface area contributed by atoms with Crippen LogP contribution >= 0.6 is 11.3 Å². The van der Waals surface area contributed by atoms with Crippen molar-refractivity contribution in [2.75, 3.05) is 13.1 Å². The van der Waals surface area contributed by atoms with Gasteiger partial charge in [0.1, 0.15) is 21.4 Å². The average Bonchev–Trinajstić information content (AvgIpc) is 3.19. The zero-order valence-corrected chi connectivity index (χ0v) is 15.2. The Morgan fingerprint density at radius 1 is 1.38 bits per heavy atom. The molecular formula is C15H20N2O5S2. The van der Waals surface area contributed by atoms with Crippen LogP contribution in [0.15, 0.2) is 16.3 Å². The van der Waals surface area contributed by atoms with Gasteiger partial charge in [-0.05, 0) is 38.1 Å². The second-order valence-corrected chi connectivity index (χ2v) is 9.46. The standard InChI is InChI=1S/C15H20N2O5S2/c1-15(2)9-10(14(19)22-15)16-13(18)12-11(5-8-23-12)24(20,21)17-6-3-4-7-17/h5,8,10H,3-4,6-7,9H2,1-2H3,(H,16,18)/t10-/m0/s1. The zero-order chi connectivity index (χ0) is 17.5. The molecule has 9 heteroatoms. The maximum absolute atomic E-state index is 12.7. The third-order valence-corrected chi connectivity index (χ3v) is 7.16. The number of carbonyl (C=O) groups excluding carboxylic acids is 2. The number of carbonyl (C=O) groups is 2. The molecule has 3 rings (SSSR count). The van der Waals surface area contributed by atoms with E-state index in [4.69, 9.17) is 4.74 Å². The van der Waals surface area contributed by atoms with E-state index in [0.29, 0.717) is 19.5 Å². The second kappa shape index (κ2) is 6.12. The Morgan fingerprint density at radius 2 is 2.04 bits per heavy atom. The predicted octanol–water partition coefficient (Wildman–Crippen LogP) is 1.36. The number of hydrogen-bond donors (Lipinski definition) is 1. The maximum atomic E-state index is 12.7. The summed E-state index contributed by atoms with van der Waals surface area (Å²) in [4.78, 5) is 24.5. The molecule has 7 nitrogen and oxygen atoms in total. The molecule has 0 saturated carbocycles. The molecule has 0 aromatic carbocycles. The van der Waals surface area contributed by atoms with Gasteiger partial charge in [0.05, 0.1) is 0 Å². The van der Waals surface area contributed by atoms with Crippen LogP contribution in [0.1, 0.15) is 42.8 Å². The molecule has 0 spiro atoms. The minimum atomic E-state index is -3.67. The van der Waals surface area contributed by atoms with Gasteiger partial charge in [0, 0.05) is 19.5 Å². The molecule has 24 heavy (non-hydrogen) atoms. The quantitative estimate of drug-likeness (QED) is 0.806. The van der Waals surface area contributed by atoms with E-state index in [-0.39, 0.29) is 9.77 Å². The van der Waals surface area contributed by atoms with Crippen molar-refractivity contribution < 1.29 is 22.7 Å². The van der Waals surface area contributed by atoms with Crippen LogP contribution in [0.4, 0.5) is 0 Å². The number of esters is 1. The van der Waals surface area contributed by atoms with Crippen LogP contribution in [0.25, 0.3) is 0 Å². The zero-order valence-electron chi connectivity index (χ0n) is 13.6. The van der Waals surface area contributed by atoms with Crippen LogP contribution in [0.5, 0.6) is 0 Å². The minimum Gasteiger partial charge on any atom is -0.458 e. The van der Waals surface area contributed by atoms with E-state index < -0.39 is 33.5 Å². The highest BCUT2D eigenvalue weighted by molar-refractivity contribution is 7.89. The molecule has 1 amide bonds. The summed E-state index contributed by atoms with van der Waals surface area (Å²) >= 11 is 1.06. The lowest BCUT2D eigenvalue weighted by Crippen LogP contribution is -2.39. The predicted molar refractivity (Wildman–Crippen MR) is 88.4 cm³/mol. The summed E-state index contributed by atoms with van der Waals surface area (Å²) in [6.07, 6.45) is 2.01. The largest absolute Gasteiger partial charge is 0.458 e. The van der Waals surface area contributed by atoms with Crippen molar-refractivity contribution in [3.63, 3.8) is 0 Å². The highest BCUT2D eigenvalue weighted by Crippen LogP contribution is 2.29. The van der Waals surface area contributed by atoms with Crippen LogP contribution in [0.2, 0.25) is 0 Å². The number of ether oxygens (including phenoxy) is 1. The summed E-state index contributed by atoms with van der Waals surface area (Å²) in [5.41, 5.74) is -0.630. The van der Waals surface area contributed by atoms with Gasteiger partial charge in [-0.3, -0.25) is 4.79 Å². The minimum absolute atomic E-state index is 0.0116. The second-order valence-electron chi connectivity index (χ2n) is 6.64. The molecule has 2 aliphatic rings. The van der Waals surface area contributed by atoms with Gasteiger partial charge in [0.25, 0.3) is 5.91 Å². The highest BCUT2D eigenvalue weighted by Gasteiger charge is 2.41. The molecule has 0 unspecified atom stereocenters. The number of sulfonamides is 1. The topological polar surface area (TPSA) is 92.8 Å². The van der Waals surface area contributed by atoms with Crippen molar-refractivity contribution in [3.8, 4) is 0 Å². The van der Waals surface area contributed by atoms with Crippen LogP contribution < -0.4 is 5.32 Å². The summed E-state index contributed by atoms with van der Waals surface area (Å²) < 4.78 is 32.0. The number of thiophene rings is 1. The maximum Gasteiger partial charge on any atom is 0.329 e. The van der Waals surface area contributed by atoms with E-state index >= 15 is 0 Å². The third-order valence-electron chi connectivity index (χ3n) is 4.18. The number of cyclic esters (lactones) is 1. The van der Waals surface area contributed by atoms with Gasteiger partial charge < -0.3 is 10.1 Å². The highest BCUT2D eigenvalue weighted by atomic mass is 32.2. The van der Waals surface area contributed by atoms with Crippen molar-refractivity contribution in [2.45, 2.75) is 49.6 Å². The van der Waals surface area contributed by atoms with Crippen LogP contribution in [-0.4, -0.2) is 49.3 Å². The first-order chi connectivity index (χ1) is 11.2. The summed E-state index contributed by atoms with van der Waals surface area (Å²) in [6, 6.07) is 0.696. The molecule has 1 aromatic heterocycles. The smallest absolute Gasteiger partial charge is 0.329 e. The van der Waals surface area contributed by atoms with Gasteiger partial charge in [-0.25, -0.2) is 13.2 Å². The fourth-order valence-electron chi connectivity index (χ4n) is 3.03. The Morgan fingerprint density at radius 3 is 2.62 bits per heavy atom. The molecule has 0 radical (unpaired) electrons. The molecule has 2 aliphatic heterocycles. The fraction of sp³-hybridized carbons (Fsp3) is 0.600. The van der Waals surface area contributed by atoms with E-state index in [9.17, 15) is 18.0 Å². The first-order valence-corrected chi connectivity index (χ1v) is 10.1. The lowest BCUT2D eigenvalue weighted by atomic mass is 10.0. The van der Waals surface area contributed by atoms with Crippen molar-refractivity contribution in [1.29, 1.82) is 0 Å². The Bertz CT molecular complexity index is 763. The normalized spacial score (nSPS) is 24.1. The number of hydrogen-bond acceptors (Lipinski definition) is 6. The fourth-order valence-corrected chi connectivity index (χ4v) is 5.85. The third kappa shape index (κ3) is 3.20. The summed E-state index contributed by atoms with van der Waals surface area (Å²) in [7, 11) is -3.67. The van der Waals surface area contributed by atoms with E-state index in [1.165, 1.54) is 10.4 Å². The molecular weight excluding hydrogens is 352 g/mol. The first-order valence-electron chi connectivity index (χ1n) is 7.82. The van der Waals surface area contributed by atoms with E-state index in [1.54, 1.807) is 19.2 Å². The number of nitrogens with zero attached hydrogens (tertiary/aromatic N) is 1. The lowest BCUT2D eigenvalue weighted by Gasteiger charge is -2.16. The van der Waals surface area contributed by atoms with Crippen LogP contribution in [0.3, 0.4) is 0 Å². The van der Waals surface area contributed by atoms with Crippen LogP contribution in [0, 0.1) is 0 Å². The Hall–Kier alpha value is -1.45. The Kier molecular flexibility index (Phi) is 4.43. The first kappa shape index (κ1) is 17.4. The van der Waals surface area contributed by atoms with Crippen molar-refractivity contribution >= 4 is 33.2 Å².